The Morgan fingerprint density at radius 2 is 1.53 bits per heavy atom. The van der Waals surface area contributed by atoms with E-state index < -0.39 is 5.97 Å². The molecule has 0 saturated carbocycles. The second kappa shape index (κ2) is 8.33. The van der Waals surface area contributed by atoms with Gasteiger partial charge in [0.25, 0.3) is 5.91 Å². The third-order valence-corrected chi connectivity index (χ3v) is 5.22. The number of hydrogen-bond acceptors (Lipinski definition) is 4. The van der Waals surface area contributed by atoms with Crippen LogP contribution in [0.1, 0.15) is 37.4 Å². The first-order valence-electron chi connectivity index (χ1n) is 9.80. The standard InChI is InChI=1S/C25H21NO4/c1-17-10-12-19(13-11-17)24(28)20-7-3-4-8-21(20)25(29)30-16-23(27)26-15-14-18-6-2-5-9-22(18)26/h2-13H,14-16H2,1H3. The van der Waals surface area contributed by atoms with Gasteiger partial charge in [-0.15, -0.1) is 0 Å². The summed E-state index contributed by atoms with van der Waals surface area (Å²) in [4.78, 5) is 39.8. The molecule has 0 N–H and O–H groups in total. The Kier molecular flexibility index (Phi) is 5.44. The van der Waals surface area contributed by atoms with Crippen LogP contribution < -0.4 is 4.90 Å². The number of carbonyl (C=O) groups excluding carboxylic acids is 3. The van der Waals surface area contributed by atoms with Crippen LogP contribution in [0.15, 0.2) is 72.8 Å². The van der Waals surface area contributed by atoms with E-state index in [1.807, 2.05) is 43.3 Å². The Balaban J connectivity index is 1.47. The maximum absolute atomic E-state index is 12.9. The minimum atomic E-state index is -0.688. The van der Waals surface area contributed by atoms with E-state index in [1.165, 1.54) is 0 Å². The van der Waals surface area contributed by atoms with Gasteiger partial charge in [0.15, 0.2) is 12.4 Å². The van der Waals surface area contributed by atoms with Crippen molar-refractivity contribution in [1.29, 1.82) is 0 Å². The number of nitrogens with zero attached hydrogens (tertiary/aromatic N) is 1. The Morgan fingerprint density at radius 3 is 2.30 bits per heavy atom. The number of amides is 1. The molecule has 1 aliphatic heterocycles. The molecule has 0 fully saturated rings. The number of hydrogen-bond donors (Lipinski definition) is 0. The van der Waals surface area contributed by atoms with Crippen molar-refractivity contribution in [2.45, 2.75) is 13.3 Å². The van der Waals surface area contributed by atoms with Gasteiger partial charge in [-0.3, -0.25) is 9.59 Å². The van der Waals surface area contributed by atoms with E-state index in [2.05, 4.69) is 0 Å². The van der Waals surface area contributed by atoms with E-state index in [9.17, 15) is 14.4 Å². The van der Waals surface area contributed by atoms with Crippen molar-refractivity contribution in [3.63, 3.8) is 0 Å². The van der Waals surface area contributed by atoms with Crippen molar-refractivity contribution >= 4 is 23.3 Å². The van der Waals surface area contributed by atoms with Gasteiger partial charge in [0.1, 0.15) is 0 Å². The Bertz CT molecular complexity index is 1120. The summed E-state index contributed by atoms with van der Waals surface area (Å²) in [7, 11) is 0. The summed E-state index contributed by atoms with van der Waals surface area (Å²) in [6, 6.07) is 21.4. The topological polar surface area (TPSA) is 63.7 Å². The van der Waals surface area contributed by atoms with E-state index >= 15 is 0 Å². The molecule has 0 bridgehead atoms. The lowest BCUT2D eigenvalue weighted by Crippen LogP contribution is -2.33. The van der Waals surface area contributed by atoms with E-state index in [1.54, 1.807) is 41.3 Å². The highest BCUT2D eigenvalue weighted by Crippen LogP contribution is 2.27. The van der Waals surface area contributed by atoms with Gasteiger partial charge in [0, 0.05) is 23.4 Å². The minimum Gasteiger partial charge on any atom is -0.452 e. The molecule has 0 aliphatic carbocycles. The molecule has 3 aromatic rings. The second-order valence-corrected chi connectivity index (χ2v) is 7.24. The number of esters is 1. The third-order valence-electron chi connectivity index (χ3n) is 5.22. The summed E-state index contributed by atoms with van der Waals surface area (Å²) in [5, 5.41) is 0. The number of carbonyl (C=O) groups is 3. The highest BCUT2D eigenvalue weighted by atomic mass is 16.5. The monoisotopic (exact) mass is 399 g/mol. The number of rotatable bonds is 5. The van der Waals surface area contributed by atoms with Gasteiger partial charge < -0.3 is 9.64 Å². The average molecular weight is 399 g/mol. The number of ketones is 1. The van der Waals surface area contributed by atoms with Crippen molar-refractivity contribution in [1.82, 2.24) is 0 Å². The van der Waals surface area contributed by atoms with Gasteiger partial charge in [-0.2, -0.15) is 0 Å². The van der Waals surface area contributed by atoms with Gasteiger partial charge in [-0.1, -0.05) is 66.2 Å². The predicted molar refractivity (Wildman–Crippen MR) is 114 cm³/mol. The number of anilines is 1. The zero-order valence-electron chi connectivity index (χ0n) is 16.6. The lowest BCUT2D eigenvalue weighted by atomic mass is 9.98. The largest absolute Gasteiger partial charge is 0.452 e. The van der Waals surface area contributed by atoms with Gasteiger partial charge in [0.05, 0.1) is 5.56 Å². The molecule has 0 aromatic heterocycles. The van der Waals surface area contributed by atoms with Crippen molar-refractivity contribution < 1.29 is 19.1 Å². The van der Waals surface area contributed by atoms with E-state index in [4.69, 9.17) is 4.74 Å². The zero-order chi connectivity index (χ0) is 21.1. The number of aryl methyl sites for hydroxylation is 1. The molecule has 0 atom stereocenters. The summed E-state index contributed by atoms with van der Waals surface area (Å²) < 4.78 is 5.28. The molecule has 3 aromatic carbocycles. The van der Waals surface area contributed by atoms with Crippen LogP contribution in [-0.2, 0) is 16.0 Å². The summed E-state index contributed by atoms with van der Waals surface area (Å²) in [5.74, 6) is -1.23. The molecule has 0 unspecified atom stereocenters. The molecule has 30 heavy (non-hydrogen) atoms. The SMILES string of the molecule is Cc1ccc(C(=O)c2ccccc2C(=O)OCC(=O)N2CCc3ccccc32)cc1. The molecular weight excluding hydrogens is 378 g/mol. The first-order chi connectivity index (χ1) is 14.5. The van der Waals surface area contributed by atoms with Crippen LogP contribution in [0.2, 0.25) is 0 Å². The van der Waals surface area contributed by atoms with Gasteiger partial charge >= 0.3 is 5.97 Å². The molecule has 0 spiro atoms. The van der Waals surface area contributed by atoms with Crippen LogP contribution in [0.4, 0.5) is 5.69 Å². The summed E-state index contributed by atoms with van der Waals surface area (Å²) in [6.07, 6.45) is 0.781. The fourth-order valence-electron chi connectivity index (χ4n) is 3.60. The molecule has 5 heteroatoms. The fourth-order valence-corrected chi connectivity index (χ4v) is 3.60. The van der Waals surface area contributed by atoms with E-state index in [0.29, 0.717) is 12.1 Å². The molecule has 5 nitrogen and oxygen atoms in total. The first-order valence-corrected chi connectivity index (χ1v) is 9.80. The van der Waals surface area contributed by atoms with Crippen molar-refractivity contribution in [3.8, 4) is 0 Å². The van der Waals surface area contributed by atoms with E-state index in [-0.39, 0.29) is 29.4 Å². The lowest BCUT2D eigenvalue weighted by molar-refractivity contribution is -0.121. The predicted octanol–water partition coefficient (Wildman–Crippen LogP) is 3.97. The quantitative estimate of drug-likeness (QED) is 0.481. The fraction of sp³-hybridized carbons (Fsp3) is 0.160. The highest BCUT2D eigenvalue weighted by Gasteiger charge is 2.26. The van der Waals surface area contributed by atoms with Gasteiger partial charge in [-0.25, -0.2) is 4.79 Å². The van der Waals surface area contributed by atoms with E-state index in [0.717, 1.165) is 23.2 Å². The molecule has 0 radical (unpaired) electrons. The number of benzene rings is 3. The zero-order valence-corrected chi connectivity index (χ0v) is 16.6. The summed E-state index contributed by atoms with van der Waals surface area (Å²) >= 11 is 0. The van der Waals surface area contributed by atoms with Gasteiger partial charge in [0.2, 0.25) is 0 Å². The minimum absolute atomic E-state index is 0.151. The van der Waals surface area contributed by atoms with Crippen LogP contribution >= 0.6 is 0 Å². The molecule has 1 heterocycles. The van der Waals surface area contributed by atoms with Crippen molar-refractivity contribution in [2.75, 3.05) is 18.1 Å². The van der Waals surface area contributed by atoms with Crippen LogP contribution in [-0.4, -0.2) is 30.8 Å². The van der Waals surface area contributed by atoms with Crippen LogP contribution in [0, 0.1) is 6.92 Å². The normalized spacial score (nSPS) is 12.4. The van der Waals surface area contributed by atoms with Gasteiger partial charge in [-0.05, 0) is 31.0 Å². The van der Waals surface area contributed by atoms with Crippen LogP contribution in [0.5, 0.6) is 0 Å². The lowest BCUT2D eigenvalue weighted by Gasteiger charge is -2.17. The maximum Gasteiger partial charge on any atom is 0.339 e. The number of para-hydroxylation sites is 1. The first kappa shape index (κ1) is 19.6. The van der Waals surface area contributed by atoms with Crippen LogP contribution in [0.25, 0.3) is 0 Å². The molecular formula is C25H21NO4. The molecule has 4 rings (SSSR count). The number of ether oxygens (including phenoxy) is 1. The smallest absolute Gasteiger partial charge is 0.339 e. The summed E-state index contributed by atoms with van der Waals surface area (Å²) in [6.45, 7) is 2.13. The Morgan fingerprint density at radius 1 is 0.867 bits per heavy atom. The number of fused-ring (bicyclic) bond motifs is 1. The third kappa shape index (κ3) is 3.87. The molecule has 1 aliphatic rings. The second-order valence-electron chi connectivity index (χ2n) is 7.24. The summed E-state index contributed by atoms with van der Waals surface area (Å²) in [5.41, 5.74) is 3.90. The molecule has 0 saturated heterocycles. The Labute approximate surface area is 174 Å². The molecule has 150 valence electrons. The molecule has 1 amide bonds. The average Bonchev–Trinajstić information content (AvgIpc) is 3.21. The van der Waals surface area contributed by atoms with Crippen molar-refractivity contribution in [2.24, 2.45) is 0 Å². The van der Waals surface area contributed by atoms with Crippen molar-refractivity contribution in [3.05, 3.63) is 101 Å². The Hall–Kier alpha value is -3.73. The highest BCUT2D eigenvalue weighted by molar-refractivity contribution is 6.14. The van der Waals surface area contributed by atoms with Crippen LogP contribution in [0.3, 0.4) is 0 Å². The maximum atomic E-state index is 12.9.